The molecule has 0 radical (unpaired) electrons. The van der Waals surface area contributed by atoms with E-state index in [1.54, 1.807) is 18.2 Å². The van der Waals surface area contributed by atoms with Gasteiger partial charge in [0.05, 0.1) is 11.4 Å². The molecule has 0 spiro atoms. The van der Waals surface area contributed by atoms with E-state index >= 15 is 0 Å². The molecule has 0 atom stereocenters. The number of rotatable bonds is 3. The standard InChI is InChI=1S/C12H10BrFN2O2S/c13-9-3-1-2-4-12(9)19(17,18)16-8-5-6-11(15)10(14)7-8/h1-7,16H,15H2. The summed E-state index contributed by atoms with van der Waals surface area (Å²) in [7, 11) is -3.78. The first-order chi connectivity index (χ1) is 8.90. The fraction of sp³-hybridized carbons (Fsp3) is 0. The van der Waals surface area contributed by atoms with E-state index in [4.69, 9.17) is 5.73 Å². The van der Waals surface area contributed by atoms with Crippen LogP contribution in [0.15, 0.2) is 51.8 Å². The highest BCUT2D eigenvalue weighted by atomic mass is 79.9. The van der Waals surface area contributed by atoms with Gasteiger partial charge in [0.15, 0.2) is 0 Å². The highest BCUT2D eigenvalue weighted by Crippen LogP contribution is 2.24. The average molecular weight is 345 g/mol. The van der Waals surface area contributed by atoms with Gasteiger partial charge in [0, 0.05) is 10.5 Å². The summed E-state index contributed by atoms with van der Waals surface area (Å²) in [5.41, 5.74) is 5.40. The summed E-state index contributed by atoms with van der Waals surface area (Å²) in [4.78, 5) is 0.0761. The van der Waals surface area contributed by atoms with Crippen LogP contribution in [0.4, 0.5) is 15.8 Å². The number of anilines is 2. The minimum absolute atomic E-state index is 0.0381. The molecule has 19 heavy (non-hydrogen) atoms. The van der Waals surface area contributed by atoms with Crippen LogP contribution in [0.2, 0.25) is 0 Å². The minimum atomic E-state index is -3.78. The van der Waals surface area contributed by atoms with Crippen molar-refractivity contribution >= 4 is 37.3 Å². The summed E-state index contributed by atoms with van der Waals surface area (Å²) in [6, 6.07) is 10.1. The third-order valence-electron chi connectivity index (χ3n) is 2.38. The maximum absolute atomic E-state index is 13.3. The largest absolute Gasteiger partial charge is 0.396 e. The Balaban J connectivity index is 2.37. The molecule has 0 aliphatic heterocycles. The highest BCUT2D eigenvalue weighted by molar-refractivity contribution is 9.10. The number of hydrogen-bond acceptors (Lipinski definition) is 3. The predicted molar refractivity (Wildman–Crippen MR) is 75.8 cm³/mol. The maximum atomic E-state index is 13.3. The molecule has 100 valence electrons. The molecule has 0 unspecified atom stereocenters. The van der Waals surface area contributed by atoms with Crippen molar-refractivity contribution in [3.63, 3.8) is 0 Å². The molecule has 4 nitrogen and oxygen atoms in total. The van der Waals surface area contributed by atoms with E-state index in [9.17, 15) is 12.8 Å². The van der Waals surface area contributed by atoms with Gasteiger partial charge in [-0.25, -0.2) is 12.8 Å². The molecule has 0 bridgehead atoms. The first kappa shape index (κ1) is 13.8. The van der Waals surface area contributed by atoms with Crippen LogP contribution in [-0.2, 0) is 10.0 Å². The van der Waals surface area contributed by atoms with E-state index in [2.05, 4.69) is 20.7 Å². The van der Waals surface area contributed by atoms with Crippen LogP contribution in [0.1, 0.15) is 0 Å². The second-order valence-corrected chi connectivity index (χ2v) is 6.28. The molecule has 0 aliphatic rings. The fourth-order valence-electron chi connectivity index (χ4n) is 1.46. The van der Waals surface area contributed by atoms with Gasteiger partial charge in [-0.1, -0.05) is 12.1 Å². The summed E-state index contributed by atoms with van der Waals surface area (Å²) >= 11 is 3.16. The number of hydrogen-bond donors (Lipinski definition) is 2. The lowest BCUT2D eigenvalue weighted by molar-refractivity contribution is 0.600. The van der Waals surface area contributed by atoms with Crippen LogP contribution < -0.4 is 10.5 Å². The Morgan fingerprint density at radius 3 is 2.47 bits per heavy atom. The SMILES string of the molecule is Nc1ccc(NS(=O)(=O)c2ccccc2Br)cc1F. The molecule has 2 rings (SSSR count). The van der Waals surface area contributed by atoms with Crippen molar-refractivity contribution < 1.29 is 12.8 Å². The first-order valence-electron chi connectivity index (χ1n) is 5.22. The Morgan fingerprint density at radius 2 is 1.84 bits per heavy atom. The molecule has 0 heterocycles. The maximum Gasteiger partial charge on any atom is 0.263 e. The average Bonchev–Trinajstić information content (AvgIpc) is 2.34. The van der Waals surface area contributed by atoms with Crippen LogP contribution in [0, 0.1) is 5.82 Å². The van der Waals surface area contributed by atoms with Crippen LogP contribution in [-0.4, -0.2) is 8.42 Å². The van der Waals surface area contributed by atoms with Gasteiger partial charge >= 0.3 is 0 Å². The lowest BCUT2D eigenvalue weighted by Gasteiger charge is -2.10. The van der Waals surface area contributed by atoms with Crippen molar-refractivity contribution in [3.05, 3.63) is 52.8 Å². The van der Waals surface area contributed by atoms with Crippen molar-refractivity contribution in [2.75, 3.05) is 10.5 Å². The Labute approximate surface area is 118 Å². The first-order valence-corrected chi connectivity index (χ1v) is 7.50. The summed E-state index contributed by atoms with van der Waals surface area (Å²) in [5.74, 6) is -0.674. The third-order valence-corrected chi connectivity index (χ3v) is 4.77. The normalized spacial score (nSPS) is 11.3. The van der Waals surface area contributed by atoms with E-state index in [1.165, 1.54) is 18.2 Å². The Kier molecular flexibility index (Phi) is 3.77. The van der Waals surface area contributed by atoms with Gasteiger partial charge in [0.25, 0.3) is 10.0 Å². The van der Waals surface area contributed by atoms with E-state index in [0.717, 1.165) is 6.07 Å². The molecular weight excluding hydrogens is 335 g/mol. The van der Waals surface area contributed by atoms with Crippen molar-refractivity contribution in [3.8, 4) is 0 Å². The Hall–Kier alpha value is -1.60. The lowest BCUT2D eigenvalue weighted by atomic mass is 10.3. The Bertz CT molecular complexity index is 719. The molecule has 2 aromatic rings. The van der Waals surface area contributed by atoms with Gasteiger partial charge in [0.2, 0.25) is 0 Å². The summed E-state index contributed by atoms with van der Waals surface area (Å²) in [6.45, 7) is 0. The number of nitrogens with two attached hydrogens (primary N) is 1. The van der Waals surface area contributed by atoms with Gasteiger partial charge in [-0.3, -0.25) is 4.72 Å². The molecule has 0 aromatic heterocycles. The van der Waals surface area contributed by atoms with Crippen molar-refractivity contribution in [2.45, 2.75) is 4.90 Å². The molecule has 2 aromatic carbocycles. The van der Waals surface area contributed by atoms with E-state index in [0.29, 0.717) is 4.47 Å². The smallest absolute Gasteiger partial charge is 0.263 e. The van der Waals surface area contributed by atoms with Crippen LogP contribution in [0.5, 0.6) is 0 Å². The molecule has 0 amide bonds. The number of nitrogens with one attached hydrogen (secondary N) is 1. The van der Waals surface area contributed by atoms with Gasteiger partial charge in [0.1, 0.15) is 10.7 Å². The van der Waals surface area contributed by atoms with Gasteiger partial charge < -0.3 is 5.73 Å². The zero-order chi connectivity index (χ0) is 14.0. The Morgan fingerprint density at radius 1 is 1.16 bits per heavy atom. The number of halogens is 2. The van der Waals surface area contributed by atoms with Gasteiger partial charge in [-0.05, 0) is 40.2 Å². The van der Waals surface area contributed by atoms with Crippen molar-refractivity contribution in [1.29, 1.82) is 0 Å². The third kappa shape index (κ3) is 3.05. The molecule has 0 saturated carbocycles. The summed E-state index contributed by atoms with van der Waals surface area (Å²) < 4.78 is 40.2. The summed E-state index contributed by atoms with van der Waals surface area (Å²) in [5, 5.41) is 0. The lowest BCUT2D eigenvalue weighted by Crippen LogP contribution is -2.13. The quantitative estimate of drug-likeness (QED) is 0.840. The van der Waals surface area contributed by atoms with E-state index in [-0.39, 0.29) is 16.3 Å². The zero-order valence-electron chi connectivity index (χ0n) is 9.60. The van der Waals surface area contributed by atoms with Crippen LogP contribution >= 0.6 is 15.9 Å². The number of sulfonamides is 1. The van der Waals surface area contributed by atoms with E-state index in [1.807, 2.05) is 0 Å². The topological polar surface area (TPSA) is 72.2 Å². The van der Waals surface area contributed by atoms with Crippen molar-refractivity contribution in [1.82, 2.24) is 0 Å². The summed E-state index contributed by atoms with van der Waals surface area (Å²) in [6.07, 6.45) is 0. The number of benzene rings is 2. The van der Waals surface area contributed by atoms with Crippen LogP contribution in [0.3, 0.4) is 0 Å². The molecule has 7 heteroatoms. The zero-order valence-corrected chi connectivity index (χ0v) is 12.0. The molecule has 3 N–H and O–H groups in total. The minimum Gasteiger partial charge on any atom is -0.396 e. The van der Waals surface area contributed by atoms with Crippen molar-refractivity contribution in [2.24, 2.45) is 0 Å². The predicted octanol–water partition coefficient (Wildman–Crippen LogP) is 2.97. The van der Waals surface area contributed by atoms with Gasteiger partial charge in [-0.15, -0.1) is 0 Å². The second kappa shape index (κ2) is 5.18. The monoisotopic (exact) mass is 344 g/mol. The van der Waals surface area contributed by atoms with E-state index < -0.39 is 15.8 Å². The second-order valence-electron chi connectivity index (χ2n) is 3.77. The molecule has 0 saturated heterocycles. The highest BCUT2D eigenvalue weighted by Gasteiger charge is 2.17. The van der Waals surface area contributed by atoms with Crippen LogP contribution in [0.25, 0.3) is 0 Å². The molecular formula is C12H10BrFN2O2S. The fourth-order valence-corrected chi connectivity index (χ4v) is 3.52. The number of nitrogen functional groups attached to an aromatic ring is 1. The molecule has 0 fully saturated rings. The molecule has 0 aliphatic carbocycles. The van der Waals surface area contributed by atoms with Gasteiger partial charge in [-0.2, -0.15) is 0 Å².